The number of methoxy groups -OCH3 is 1. The number of fused-ring (bicyclic) bond motifs is 1. The Bertz CT molecular complexity index is 1560. The van der Waals surface area contributed by atoms with Crippen LogP contribution in [0.15, 0.2) is 71.6 Å². The summed E-state index contributed by atoms with van der Waals surface area (Å²) in [4.78, 5) is 16.4. The van der Waals surface area contributed by atoms with E-state index in [1.807, 2.05) is 36.4 Å². The fourth-order valence-corrected chi connectivity index (χ4v) is 6.22. The molecule has 3 aromatic carbocycles. The maximum Gasteiger partial charge on any atom is 0.241 e. The summed E-state index contributed by atoms with van der Waals surface area (Å²) in [5.41, 5.74) is 19.1. The number of nitrogens with two attached hydrogens (primary N) is 3. The Hall–Kier alpha value is -3.39. The first-order chi connectivity index (χ1) is 18.0. The average molecular weight is 555 g/mol. The van der Waals surface area contributed by atoms with Crippen molar-refractivity contribution in [2.24, 2.45) is 17.2 Å². The van der Waals surface area contributed by atoms with Crippen LogP contribution in [0.3, 0.4) is 0 Å². The van der Waals surface area contributed by atoms with Gasteiger partial charge >= 0.3 is 0 Å². The van der Waals surface area contributed by atoms with E-state index in [0.717, 1.165) is 15.8 Å². The highest BCUT2D eigenvalue weighted by molar-refractivity contribution is 7.89. The normalized spacial score (nSPS) is 12.9. The van der Waals surface area contributed by atoms with Crippen molar-refractivity contribution in [1.82, 2.24) is 9.71 Å². The number of thiazole rings is 1. The molecule has 0 saturated heterocycles. The molecule has 0 aliphatic carbocycles. The minimum atomic E-state index is -4.02. The summed E-state index contributed by atoms with van der Waals surface area (Å²) >= 11 is 1.38. The molecule has 0 fully saturated rings. The maximum absolute atomic E-state index is 13.5. The summed E-state index contributed by atoms with van der Waals surface area (Å²) in [6.45, 7) is 1.48. The van der Waals surface area contributed by atoms with Gasteiger partial charge in [0.05, 0.1) is 40.5 Å². The number of amides is 1. The van der Waals surface area contributed by atoms with Crippen molar-refractivity contribution >= 4 is 43.2 Å². The van der Waals surface area contributed by atoms with Crippen LogP contribution in [0.1, 0.15) is 29.1 Å². The van der Waals surface area contributed by atoms with Crippen LogP contribution in [0.25, 0.3) is 10.2 Å². The third kappa shape index (κ3) is 6.54. The van der Waals surface area contributed by atoms with Gasteiger partial charge in [-0.3, -0.25) is 4.79 Å². The van der Waals surface area contributed by atoms with Gasteiger partial charge in [0, 0.05) is 5.69 Å². The quantitative estimate of drug-likeness (QED) is 0.186. The monoisotopic (exact) mass is 554 g/mol. The van der Waals surface area contributed by atoms with E-state index >= 15 is 0 Å². The van der Waals surface area contributed by atoms with Crippen LogP contribution in [0.5, 0.6) is 5.75 Å². The van der Waals surface area contributed by atoms with Crippen molar-refractivity contribution in [3.05, 3.63) is 82.9 Å². The van der Waals surface area contributed by atoms with E-state index in [1.54, 1.807) is 32.2 Å². The van der Waals surface area contributed by atoms with Crippen molar-refractivity contribution in [1.29, 1.82) is 0 Å². The summed E-state index contributed by atoms with van der Waals surface area (Å²) in [5.74, 6) is 0.251. The van der Waals surface area contributed by atoms with Gasteiger partial charge in [0.1, 0.15) is 10.8 Å². The number of carbonyl (C=O) groups is 1. The summed E-state index contributed by atoms with van der Waals surface area (Å²) in [7, 11) is -2.44. The zero-order valence-electron chi connectivity index (χ0n) is 21.0. The predicted octanol–water partition coefficient (Wildman–Crippen LogP) is 2.55. The van der Waals surface area contributed by atoms with Crippen LogP contribution in [-0.4, -0.2) is 33.0 Å². The second-order valence-electron chi connectivity index (χ2n) is 9.03. The number of nitrogens with zero attached hydrogens (tertiary/aromatic N) is 1. The molecule has 0 bridgehead atoms. The minimum Gasteiger partial charge on any atom is -0.497 e. The number of benzene rings is 3. The Balaban J connectivity index is 1.72. The molecule has 38 heavy (non-hydrogen) atoms. The van der Waals surface area contributed by atoms with Crippen molar-refractivity contribution in [2.75, 3.05) is 19.0 Å². The van der Waals surface area contributed by atoms with Gasteiger partial charge in [0.2, 0.25) is 15.9 Å². The molecule has 12 heteroatoms. The molecule has 200 valence electrons. The predicted molar refractivity (Wildman–Crippen MR) is 149 cm³/mol. The first-order valence-corrected chi connectivity index (χ1v) is 14.0. The van der Waals surface area contributed by atoms with Gasteiger partial charge < -0.3 is 27.3 Å². The van der Waals surface area contributed by atoms with E-state index in [0.29, 0.717) is 28.4 Å². The number of anilines is 1. The van der Waals surface area contributed by atoms with Crippen LogP contribution in [0.4, 0.5) is 5.69 Å². The highest BCUT2D eigenvalue weighted by Gasteiger charge is 2.26. The molecule has 1 amide bonds. The van der Waals surface area contributed by atoms with E-state index < -0.39 is 27.6 Å². The zero-order valence-corrected chi connectivity index (χ0v) is 22.6. The van der Waals surface area contributed by atoms with Crippen molar-refractivity contribution in [3.8, 4) is 5.75 Å². The Morgan fingerprint density at radius 2 is 1.87 bits per heavy atom. The molecule has 1 heterocycles. The third-order valence-corrected chi connectivity index (χ3v) is 8.41. The summed E-state index contributed by atoms with van der Waals surface area (Å²) in [6.07, 6.45) is 0.295. The van der Waals surface area contributed by atoms with E-state index in [2.05, 4.69) is 10.0 Å². The third-order valence-electron chi connectivity index (χ3n) is 5.81. The number of nitrogens with one attached hydrogen (secondary N) is 2. The molecular formula is C26H30N6O4S2. The number of sulfonamides is 1. The Morgan fingerprint density at radius 3 is 2.58 bits per heavy atom. The Kier molecular flexibility index (Phi) is 8.11. The molecule has 1 aromatic heterocycles. The Labute approximate surface area is 225 Å². The summed E-state index contributed by atoms with van der Waals surface area (Å²) < 4.78 is 36.0. The molecule has 4 rings (SSSR count). The standard InChI is InChI=1S/C26H30N6O4S2/c1-26(28,29)17-6-3-5-16(11-17)12-22(25-31-21-10-9-19(36-2)14-23(21)37-25)32-38(34,35)20-8-4-7-18(13-20)30-24(33)15-27/h3-11,13-14,22,32H,12,15,27-29H2,1-2H3,(H,30,33)/t22-/m1/s1. The summed E-state index contributed by atoms with van der Waals surface area (Å²) in [5, 5.41) is 3.16. The number of carbonyl (C=O) groups excluding carboxylic acids is 1. The largest absolute Gasteiger partial charge is 0.497 e. The number of aromatic nitrogens is 1. The highest BCUT2D eigenvalue weighted by atomic mass is 32.2. The second kappa shape index (κ2) is 11.2. The van der Waals surface area contributed by atoms with Gasteiger partial charge in [-0.25, -0.2) is 18.1 Å². The van der Waals surface area contributed by atoms with E-state index in [4.69, 9.17) is 26.9 Å². The van der Waals surface area contributed by atoms with E-state index in [-0.39, 0.29) is 11.4 Å². The van der Waals surface area contributed by atoms with Crippen LogP contribution in [-0.2, 0) is 26.9 Å². The second-order valence-corrected chi connectivity index (χ2v) is 11.8. The van der Waals surface area contributed by atoms with Crippen molar-refractivity contribution in [2.45, 2.75) is 29.9 Å². The van der Waals surface area contributed by atoms with Gasteiger partial charge in [0.15, 0.2) is 0 Å². The topological polar surface area (TPSA) is 175 Å². The van der Waals surface area contributed by atoms with Crippen molar-refractivity contribution < 1.29 is 17.9 Å². The number of hydrogen-bond donors (Lipinski definition) is 5. The Morgan fingerprint density at radius 1 is 1.11 bits per heavy atom. The first-order valence-electron chi connectivity index (χ1n) is 11.7. The highest BCUT2D eigenvalue weighted by Crippen LogP contribution is 2.32. The molecule has 1 atom stereocenters. The molecule has 0 radical (unpaired) electrons. The fraction of sp³-hybridized carbons (Fsp3) is 0.231. The molecule has 0 unspecified atom stereocenters. The molecule has 10 nitrogen and oxygen atoms in total. The lowest BCUT2D eigenvalue weighted by Crippen LogP contribution is -2.42. The number of hydrogen-bond acceptors (Lipinski definition) is 9. The SMILES string of the molecule is COc1ccc2nc([C@@H](Cc3cccc(C(C)(N)N)c3)NS(=O)(=O)c3cccc(NC(=O)CN)c3)sc2c1. The fourth-order valence-electron chi connectivity index (χ4n) is 3.86. The van der Waals surface area contributed by atoms with E-state index in [9.17, 15) is 13.2 Å². The van der Waals surface area contributed by atoms with Crippen LogP contribution >= 0.6 is 11.3 Å². The lowest BCUT2D eigenvalue weighted by molar-refractivity contribution is -0.114. The van der Waals surface area contributed by atoms with Gasteiger partial charge in [-0.1, -0.05) is 30.3 Å². The molecule has 0 aliphatic heterocycles. The first kappa shape index (κ1) is 27.6. The lowest BCUT2D eigenvalue weighted by Gasteiger charge is -2.21. The zero-order chi connectivity index (χ0) is 27.5. The number of rotatable bonds is 10. The van der Waals surface area contributed by atoms with Gasteiger partial charge in [0.25, 0.3) is 0 Å². The molecule has 0 spiro atoms. The van der Waals surface area contributed by atoms with E-state index in [1.165, 1.54) is 23.5 Å². The average Bonchev–Trinajstić information content (AvgIpc) is 3.31. The van der Waals surface area contributed by atoms with Crippen LogP contribution < -0.4 is 32.0 Å². The van der Waals surface area contributed by atoms with Gasteiger partial charge in [-0.15, -0.1) is 11.3 Å². The molecule has 0 saturated carbocycles. The summed E-state index contributed by atoms with van der Waals surface area (Å²) in [6, 6.07) is 18.2. The maximum atomic E-state index is 13.5. The molecule has 8 N–H and O–H groups in total. The minimum absolute atomic E-state index is 0.00894. The number of ether oxygens (including phenoxy) is 1. The van der Waals surface area contributed by atoms with Gasteiger partial charge in [-0.2, -0.15) is 0 Å². The molecule has 0 aliphatic rings. The van der Waals surface area contributed by atoms with Crippen molar-refractivity contribution in [3.63, 3.8) is 0 Å². The van der Waals surface area contributed by atoms with Gasteiger partial charge in [-0.05, 0) is 60.9 Å². The smallest absolute Gasteiger partial charge is 0.241 e. The molecule has 4 aromatic rings. The lowest BCUT2D eigenvalue weighted by atomic mass is 9.98. The van der Waals surface area contributed by atoms with Crippen LogP contribution in [0, 0.1) is 0 Å². The van der Waals surface area contributed by atoms with Crippen LogP contribution in [0.2, 0.25) is 0 Å². The molecular weight excluding hydrogens is 524 g/mol.